The molecule has 1 heterocycles. The maximum absolute atomic E-state index is 3.77. The van der Waals surface area contributed by atoms with Crippen molar-refractivity contribution in [1.82, 2.24) is 5.32 Å². The molecule has 0 radical (unpaired) electrons. The molecule has 1 saturated heterocycles. The minimum absolute atomic E-state index is 0.218. The van der Waals surface area contributed by atoms with Crippen LogP contribution in [-0.2, 0) is 12.0 Å². The molecule has 104 valence electrons. The zero-order chi connectivity index (χ0) is 13.7. The first-order valence-corrected chi connectivity index (χ1v) is 7.74. The topological polar surface area (TPSA) is 12.0 Å². The van der Waals surface area contributed by atoms with Gasteiger partial charge in [-0.3, -0.25) is 0 Å². The predicted molar refractivity (Wildman–Crippen MR) is 84.7 cm³/mol. The van der Waals surface area contributed by atoms with E-state index in [1.807, 2.05) is 0 Å². The van der Waals surface area contributed by atoms with Crippen LogP contribution in [0.2, 0.25) is 0 Å². The lowest BCUT2D eigenvalue weighted by Crippen LogP contribution is -2.36. The molecule has 1 aliphatic rings. The van der Waals surface area contributed by atoms with Gasteiger partial charge < -0.3 is 5.32 Å². The molecule has 1 nitrogen and oxygen atoms in total. The largest absolute Gasteiger partial charge is 0.307 e. The van der Waals surface area contributed by atoms with Crippen LogP contribution in [0.25, 0.3) is 0 Å². The molecule has 1 aliphatic heterocycles. The van der Waals surface area contributed by atoms with Crippen molar-refractivity contribution in [3.63, 3.8) is 0 Å². The minimum atomic E-state index is 0.218. The van der Waals surface area contributed by atoms with Crippen LogP contribution in [0, 0.1) is 0 Å². The van der Waals surface area contributed by atoms with Crippen molar-refractivity contribution in [3.8, 4) is 0 Å². The molecule has 1 N–H and O–H groups in total. The Hall–Kier alpha value is -1.60. The lowest BCUT2D eigenvalue weighted by molar-refractivity contribution is 0.349. The summed E-state index contributed by atoms with van der Waals surface area (Å²) in [4.78, 5) is 0. The van der Waals surface area contributed by atoms with Crippen LogP contribution in [0.3, 0.4) is 0 Å². The summed E-state index contributed by atoms with van der Waals surface area (Å²) in [6.07, 6.45) is 6.21. The second-order valence-electron chi connectivity index (χ2n) is 5.82. The van der Waals surface area contributed by atoms with Crippen LogP contribution in [-0.4, -0.2) is 6.54 Å². The smallest absolute Gasteiger partial charge is 0.0435 e. The second kappa shape index (κ2) is 6.23. The Bertz CT molecular complexity index is 512. The van der Waals surface area contributed by atoms with Crippen molar-refractivity contribution in [2.24, 2.45) is 0 Å². The van der Waals surface area contributed by atoms with Gasteiger partial charge in [0.05, 0.1) is 0 Å². The van der Waals surface area contributed by atoms with Gasteiger partial charge in [-0.15, -0.1) is 0 Å². The maximum Gasteiger partial charge on any atom is 0.0435 e. The summed E-state index contributed by atoms with van der Waals surface area (Å²) in [5, 5.41) is 3.77. The van der Waals surface area contributed by atoms with Gasteiger partial charge in [-0.2, -0.15) is 0 Å². The summed E-state index contributed by atoms with van der Waals surface area (Å²) in [5.74, 6) is 0. The van der Waals surface area contributed by atoms with Crippen molar-refractivity contribution in [2.45, 2.75) is 37.6 Å². The van der Waals surface area contributed by atoms with E-state index in [-0.39, 0.29) is 5.54 Å². The summed E-state index contributed by atoms with van der Waals surface area (Å²) in [6, 6.07) is 21.8. The standard InChI is InChI=1S/C19H23N/c1-3-9-17(10-4-1)11-7-14-19(15-8-16-20-19)18-12-5-2-6-13-18/h1-6,9-10,12-13,20H,7-8,11,14-16H2. The molecular weight excluding hydrogens is 242 g/mol. The van der Waals surface area contributed by atoms with Crippen LogP contribution in [0.1, 0.15) is 36.8 Å². The Morgan fingerprint density at radius 2 is 1.60 bits per heavy atom. The first kappa shape index (κ1) is 13.4. The van der Waals surface area contributed by atoms with E-state index in [1.54, 1.807) is 0 Å². The number of nitrogens with one attached hydrogen (secondary N) is 1. The van der Waals surface area contributed by atoms with Gasteiger partial charge in [-0.1, -0.05) is 60.7 Å². The number of hydrogen-bond donors (Lipinski definition) is 1. The van der Waals surface area contributed by atoms with Gasteiger partial charge in [0.2, 0.25) is 0 Å². The molecule has 0 aliphatic carbocycles. The van der Waals surface area contributed by atoms with E-state index in [4.69, 9.17) is 0 Å². The third-order valence-corrected chi connectivity index (χ3v) is 4.48. The minimum Gasteiger partial charge on any atom is -0.307 e. The Kier molecular flexibility index (Phi) is 4.17. The number of benzene rings is 2. The lowest BCUT2D eigenvalue weighted by atomic mass is 9.83. The number of aryl methyl sites for hydroxylation is 1. The first-order chi connectivity index (χ1) is 9.89. The molecule has 0 bridgehead atoms. The van der Waals surface area contributed by atoms with Gasteiger partial charge in [-0.25, -0.2) is 0 Å². The molecule has 3 rings (SSSR count). The van der Waals surface area contributed by atoms with Gasteiger partial charge in [0, 0.05) is 5.54 Å². The van der Waals surface area contributed by atoms with E-state index >= 15 is 0 Å². The highest BCUT2D eigenvalue weighted by atomic mass is 15.0. The summed E-state index contributed by atoms with van der Waals surface area (Å²) >= 11 is 0. The molecule has 1 fully saturated rings. The van der Waals surface area contributed by atoms with Crippen LogP contribution in [0.4, 0.5) is 0 Å². The van der Waals surface area contributed by atoms with Crippen molar-refractivity contribution < 1.29 is 0 Å². The summed E-state index contributed by atoms with van der Waals surface area (Å²) in [7, 11) is 0. The maximum atomic E-state index is 3.77. The lowest BCUT2D eigenvalue weighted by Gasteiger charge is -2.30. The quantitative estimate of drug-likeness (QED) is 0.850. The normalized spacial score (nSPS) is 22.0. The fraction of sp³-hybridized carbons (Fsp3) is 0.368. The predicted octanol–water partition coefficient (Wildman–Crippen LogP) is 4.29. The Labute approximate surface area is 122 Å². The Morgan fingerprint density at radius 3 is 2.25 bits per heavy atom. The summed E-state index contributed by atoms with van der Waals surface area (Å²) < 4.78 is 0. The van der Waals surface area contributed by atoms with E-state index in [1.165, 1.54) is 43.2 Å². The van der Waals surface area contributed by atoms with Gasteiger partial charge in [-0.05, 0) is 49.8 Å². The highest BCUT2D eigenvalue weighted by Crippen LogP contribution is 2.35. The fourth-order valence-corrected chi connectivity index (χ4v) is 3.41. The van der Waals surface area contributed by atoms with E-state index < -0.39 is 0 Å². The SMILES string of the molecule is c1ccc(CCCC2(c3ccccc3)CCCN2)cc1. The molecule has 1 unspecified atom stereocenters. The average molecular weight is 265 g/mol. The number of rotatable bonds is 5. The monoisotopic (exact) mass is 265 g/mol. The molecule has 0 aromatic heterocycles. The van der Waals surface area contributed by atoms with Crippen molar-refractivity contribution in [2.75, 3.05) is 6.54 Å². The van der Waals surface area contributed by atoms with Crippen LogP contribution < -0.4 is 5.32 Å². The highest BCUT2D eigenvalue weighted by Gasteiger charge is 2.34. The van der Waals surface area contributed by atoms with Gasteiger partial charge in [0.25, 0.3) is 0 Å². The molecule has 2 aromatic carbocycles. The van der Waals surface area contributed by atoms with Crippen molar-refractivity contribution >= 4 is 0 Å². The Morgan fingerprint density at radius 1 is 0.900 bits per heavy atom. The summed E-state index contributed by atoms with van der Waals surface area (Å²) in [6.45, 7) is 1.15. The van der Waals surface area contributed by atoms with Crippen LogP contribution in [0.5, 0.6) is 0 Å². The highest BCUT2D eigenvalue weighted by molar-refractivity contribution is 5.26. The summed E-state index contributed by atoms with van der Waals surface area (Å²) in [5.41, 5.74) is 3.13. The van der Waals surface area contributed by atoms with Crippen molar-refractivity contribution in [1.29, 1.82) is 0 Å². The van der Waals surface area contributed by atoms with Gasteiger partial charge >= 0.3 is 0 Å². The zero-order valence-electron chi connectivity index (χ0n) is 12.0. The van der Waals surface area contributed by atoms with E-state index in [9.17, 15) is 0 Å². The van der Waals surface area contributed by atoms with Gasteiger partial charge in [0.1, 0.15) is 0 Å². The Balaban J connectivity index is 1.66. The third-order valence-electron chi connectivity index (χ3n) is 4.48. The molecule has 0 amide bonds. The molecule has 2 aromatic rings. The van der Waals surface area contributed by atoms with Crippen LogP contribution >= 0.6 is 0 Å². The van der Waals surface area contributed by atoms with Gasteiger partial charge in [0.15, 0.2) is 0 Å². The van der Waals surface area contributed by atoms with Crippen molar-refractivity contribution in [3.05, 3.63) is 71.8 Å². The van der Waals surface area contributed by atoms with E-state index in [2.05, 4.69) is 66.0 Å². The fourth-order valence-electron chi connectivity index (χ4n) is 3.41. The van der Waals surface area contributed by atoms with E-state index in [0.717, 1.165) is 6.54 Å². The molecule has 1 atom stereocenters. The number of hydrogen-bond acceptors (Lipinski definition) is 1. The molecular formula is C19H23N. The molecule has 0 spiro atoms. The molecule has 20 heavy (non-hydrogen) atoms. The molecule has 1 heteroatoms. The average Bonchev–Trinajstić information content (AvgIpc) is 2.99. The zero-order valence-corrected chi connectivity index (χ0v) is 12.0. The second-order valence-corrected chi connectivity index (χ2v) is 5.82. The molecule has 0 saturated carbocycles. The first-order valence-electron chi connectivity index (χ1n) is 7.74. The third kappa shape index (κ3) is 2.94. The van der Waals surface area contributed by atoms with E-state index in [0.29, 0.717) is 0 Å². The van der Waals surface area contributed by atoms with Crippen LogP contribution in [0.15, 0.2) is 60.7 Å².